The Hall–Kier alpha value is -2.85. The van der Waals surface area contributed by atoms with Crippen LogP contribution in [0.5, 0.6) is 0 Å². The Balaban J connectivity index is 1.49. The third-order valence-electron chi connectivity index (χ3n) is 4.99. The number of thiazole rings is 1. The summed E-state index contributed by atoms with van der Waals surface area (Å²) in [5.74, 6) is 0.143. The van der Waals surface area contributed by atoms with Crippen LogP contribution in [0.15, 0.2) is 45.7 Å². The number of nitrogens with zero attached hydrogens (tertiary/aromatic N) is 2. The molecule has 1 N–H and O–H groups in total. The highest BCUT2D eigenvalue weighted by molar-refractivity contribution is 7.98. The lowest BCUT2D eigenvalue weighted by molar-refractivity contribution is -0.138. The Morgan fingerprint density at radius 3 is 2.55 bits per heavy atom. The fourth-order valence-corrected chi connectivity index (χ4v) is 5.46. The summed E-state index contributed by atoms with van der Waals surface area (Å²) < 4.78 is 44.1. The van der Waals surface area contributed by atoms with Crippen LogP contribution < -0.4 is 0 Å². The van der Waals surface area contributed by atoms with E-state index >= 15 is 0 Å². The third kappa shape index (κ3) is 5.39. The van der Waals surface area contributed by atoms with Gasteiger partial charge in [-0.25, -0.2) is 9.97 Å². The molecule has 0 aliphatic rings. The van der Waals surface area contributed by atoms with Crippen molar-refractivity contribution in [1.29, 1.82) is 0 Å². The van der Waals surface area contributed by atoms with Crippen molar-refractivity contribution in [3.05, 3.63) is 64.0 Å². The molecule has 2 aromatic heterocycles. The molecule has 0 fully saturated rings. The highest BCUT2D eigenvalue weighted by atomic mass is 32.2. The Labute approximate surface area is 195 Å². The van der Waals surface area contributed by atoms with Gasteiger partial charge in [-0.15, -0.1) is 23.1 Å². The highest BCUT2D eigenvalue weighted by Gasteiger charge is 2.30. The van der Waals surface area contributed by atoms with Crippen molar-refractivity contribution in [2.75, 3.05) is 0 Å². The van der Waals surface area contributed by atoms with E-state index in [2.05, 4.69) is 9.97 Å². The maximum absolute atomic E-state index is 12.8. The summed E-state index contributed by atoms with van der Waals surface area (Å²) in [7, 11) is 0. The van der Waals surface area contributed by atoms with Gasteiger partial charge in [-0.2, -0.15) is 13.2 Å². The molecular weight excluding hydrogens is 473 g/mol. The molecule has 0 aliphatic carbocycles. The van der Waals surface area contributed by atoms with E-state index in [1.54, 1.807) is 11.8 Å². The van der Waals surface area contributed by atoms with E-state index in [4.69, 9.17) is 9.52 Å². The largest absolute Gasteiger partial charge is 0.481 e. The number of hydrogen-bond acceptors (Lipinski definition) is 6. The number of benzene rings is 2. The van der Waals surface area contributed by atoms with Crippen molar-refractivity contribution < 1.29 is 27.5 Å². The van der Waals surface area contributed by atoms with E-state index in [0.717, 1.165) is 33.2 Å². The number of aliphatic carboxylic acids is 1. The van der Waals surface area contributed by atoms with Gasteiger partial charge >= 0.3 is 12.1 Å². The van der Waals surface area contributed by atoms with Crippen LogP contribution in [0.3, 0.4) is 0 Å². The summed E-state index contributed by atoms with van der Waals surface area (Å²) >= 11 is 3.07. The Morgan fingerprint density at radius 1 is 1.15 bits per heavy atom. The monoisotopic (exact) mass is 492 g/mol. The molecule has 4 aromatic rings. The van der Waals surface area contributed by atoms with E-state index in [1.165, 1.54) is 23.5 Å². The Morgan fingerprint density at radius 2 is 1.88 bits per heavy atom. The summed E-state index contributed by atoms with van der Waals surface area (Å²) in [5.41, 5.74) is 3.14. The first-order valence-corrected chi connectivity index (χ1v) is 11.8. The molecule has 0 atom stereocenters. The van der Waals surface area contributed by atoms with Crippen LogP contribution >= 0.6 is 23.1 Å². The number of alkyl halides is 3. The zero-order valence-corrected chi connectivity index (χ0v) is 19.3. The van der Waals surface area contributed by atoms with Crippen molar-refractivity contribution >= 4 is 40.2 Å². The van der Waals surface area contributed by atoms with Crippen molar-refractivity contribution in [1.82, 2.24) is 9.97 Å². The predicted octanol–water partition coefficient (Wildman–Crippen LogP) is 6.90. The summed E-state index contributed by atoms with van der Waals surface area (Å²) in [6.07, 6.45) is -4.17. The zero-order chi connectivity index (χ0) is 23.8. The lowest BCUT2D eigenvalue weighted by Gasteiger charge is -2.06. The van der Waals surface area contributed by atoms with E-state index < -0.39 is 17.7 Å². The number of aromatic nitrogens is 2. The topological polar surface area (TPSA) is 76.2 Å². The highest BCUT2D eigenvalue weighted by Crippen LogP contribution is 2.36. The van der Waals surface area contributed by atoms with Crippen molar-refractivity contribution in [2.45, 2.75) is 43.5 Å². The quantitative estimate of drug-likeness (QED) is 0.283. The van der Waals surface area contributed by atoms with E-state index in [1.807, 2.05) is 26.0 Å². The van der Waals surface area contributed by atoms with E-state index in [9.17, 15) is 18.0 Å². The van der Waals surface area contributed by atoms with Crippen LogP contribution in [-0.2, 0) is 23.1 Å². The molecule has 5 nitrogen and oxygen atoms in total. The van der Waals surface area contributed by atoms with Gasteiger partial charge in [-0.05, 0) is 43.7 Å². The molecule has 0 unspecified atom stereocenters. The standard InChI is InChI=1S/C23H19F3N2O3S2/c1-12-9-16-17(31-20(28-16)7-8-21(29)30)10-18(12)32-11-19-13(2)27-22(33-19)14-3-5-15(6-4-14)23(24,25)26/h3-6,9-10H,7-8,11H2,1-2H3,(H,29,30). The Kier molecular flexibility index (Phi) is 6.49. The maximum atomic E-state index is 12.8. The number of rotatable bonds is 7. The molecule has 0 saturated carbocycles. The average Bonchev–Trinajstić information content (AvgIpc) is 3.32. The fraction of sp³-hybridized carbons (Fsp3) is 0.261. The summed E-state index contributed by atoms with van der Waals surface area (Å²) in [4.78, 5) is 21.7. The zero-order valence-electron chi connectivity index (χ0n) is 17.7. The summed E-state index contributed by atoms with van der Waals surface area (Å²) in [5, 5.41) is 9.52. The lowest BCUT2D eigenvalue weighted by atomic mass is 10.1. The van der Waals surface area contributed by atoms with Crippen molar-refractivity contribution in [3.8, 4) is 10.6 Å². The number of halogens is 3. The molecule has 0 amide bonds. The van der Waals surface area contributed by atoms with Gasteiger partial charge in [0.2, 0.25) is 0 Å². The van der Waals surface area contributed by atoms with Crippen LogP contribution in [0, 0.1) is 13.8 Å². The second kappa shape index (κ2) is 9.18. The number of carboxylic acids is 1. The fourth-order valence-electron chi connectivity index (χ4n) is 3.21. The van der Waals surface area contributed by atoms with E-state index in [-0.39, 0.29) is 12.8 Å². The molecule has 10 heteroatoms. The number of fused-ring (bicyclic) bond motifs is 1. The minimum absolute atomic E-state index is 0.0423. The van der Waals surface area contributed by atoms with Crippen LogP contribution in [0.25, 0.3) is 21.7 Å². The van der Waals surface area contributed by atoms with Gasteiger partial charge in [0, 0.05) is 27.5 Å². The summed E-state index contributed by atoms with van der Waals surface area (Å²) in [6, 6.07) is 8.85. The first-order chi connectivity index (χ1) is 15.6. The predicted molar refractivity (Wildman–Crippen MR) is 122 cm³/mol. The molecule has 0 aliphatic heterocycles. The van der Waals surface area contributed by atoms with Crippen LogP contribution in [-0.4, -0.2) is 21.0 Å². The van der Waals surface area contributed by atoms with Crippen molar-refractivity contribution in [2.24, 2.45) is 0 Å². The number of hydrogen-bond donors (Lipinski definition) is 1. The van der Waals surface area contributed by atoms with Gasteiger partial charge in [-0.1, -0.05) is 12.1 Å². The molecule has 4 rings (SSSR count). The molecule has 0 bridgehead atoms. The first kappa shape index (κ1) is 23.3. The number of thioether (sulfide) groups is 1. The molecule has 2 heterocycles. The Bertz CT molecular complexity index is 1310. The molecule has 2 aromatic carbocycles. The molecular formula is C23H19F3N2O3S2. The smallest absolute Gasteiger partial charge is 0.416 e. The number of aryl methyl sites for hydroxylation is 3. The van der Waals surface area contributed by atoms with Crippen LogP contribution in [0.1, 0.15) is 34.0 Å². The molecule has 33 heavy (non-hydrogen) atoms. The van der Waals surface area contributed by atoms with Gasteiger partial charge in [-0.3, -0.25) is 4.79 Å². The van der Waals surface area contributed by atoms with Crippen LogP contribution in [0.4, 0.5) is 13.2 Å². The number of carbonyl (C=O) groups is 1. The normalized spacial score (nSPS) is 11.9. The second-order valence-corrected chi connectivity index (χ2v) is 9.58. The third-order valence-corrected chi connectivity index (χ3v) is 7.57. The first-order valence-electron chi connectivity index (χ1n) is 9.99. The van der Waals surface area contributed by atoms with Gasteiger partial charge in [0.25, 0.3) is 0 Å². The minimum atomic E-state index is -4.36. The van der Waals surface area contributed by atoms with Gasteiger partial charge in [0.15, 0.2) is 11.5 Å². The van der Waals surface area contributed by atoms with Gasteiger partial charge in [0.05, 0.1) is 17.7 Å². The van der Waals surface area contributed by atoms with Gasteiger partial charge < -0.3 is 9.52 Å². The number of carboxylic acid groups (broad SMARTS) is 1. The molecule has 0 radical (unpaired) electrons. The average molecular weight is 493 g/mol. The van der Waals surface area contributed by atoms with E-state index in [0.29, 0.717) is 33.3 Å². The lowest BCUT2D eigenvalue weighted by Crippen LogP contribution is -2.03. The molecule has 0 spiro atoms. The molecule has 0 saturated heterocycles. The maximum Gasteiger partial charge on any atom is 0.416 e. The summed E-state index contributed by atoms with van der Waals surface area (Å²) in [6.45, 7) is 3.86. The van der Waals surface area contributed by atoms with Crippen LogP contribution in [0.2, 0.25) is 0 Å². The number of oxazole rings is 1. The SMILES string of the molecule is Cc1cc2nc(CCC(=O)O)oc2cc1SCc1sc(-c2ccc(C(F)(F)F)cc2)nc1C. The minimum Gasteiger partial charge on any atom is -0.481 e. The second-order valence-electron chi connectivity index (χ2n) is 7.48. The molecule has 172 valence electrons. The van der Waals surface area contributed by atoms with Crippen molar-refractivity contribution in [3.63, 3.8) is 0 Å². The van der Waals surface area contributed by atoms with Gasteiger partial charge in [0.1, 0.15) is 10.5 Å².